The van der Waals surface area contributed by atoms with Gasteiger partial charge >= 0.3 is 0 Å². The van der Waals surface area contributed by atoms with Crippen LogP contribution in [-0.2, 0) is 6.42 Å². The Morgan fingerprint density at radius 3 is 2.05 bits per heavy atom. The first-order chi connectivity index (χ1) is 9.00. The Morgan fingerprint density at radius 2 is 1.47 bits per heavy atom. The lowest BCUT2D eigenvalue weighted by Gasteiger charge is -2.15. The average molecular weight is 320 g/mol. The first-order valence-electron chi connectivity index (χ1n) is 5.55. The van der Waals surface area contributed by atoms with Crippen LogP contribution in [0.1, 0.15) is 17.2 Å². The van der Waals surface area contributed by atoms with E-state index in [1.807, 2.05) is 0 Å². The van der Waals surface area contributed by atoms with Crippen molar-refractivity contribution in [2.75, 3.05) is 0 Å². The van der Waals surface area contributed by atoms with Gasteiger partial charge in [0.25, 0.3) is 0 Å². The molecule has 0 saturated heterocycles. The smallest absolute Gasteiger partial charge is 0.130 e. The Bertz CT molecular complexity index is 561. The summed E-state index contributed by atoms with van der Waals surface area (Å²) in [4.78, 5) is 0. The minimum Gasteiger partial charge on any atom is -0.388 e. The maximum absolute atomic E-state index is 13.7. The van der Waals surface area contributed by atoms with Crippen LogP contribution in [0, 0.1) is 5.82 Å². The molecule has 0 radical (unpaired) electrons. The minimum atomic E-state index is -1.11. The second kappa shape index (κ2) is 6.10. The van der Waals surface area contributed by atoms with Crippen molar-refractivity contribution in [2.24, 2.45) is 0 Å². The van der Waals surface area contributed by atoms with Crippen LogP contribution in [-0.4, -0.2) is 5.11 Å². The van der Waals surface area contributed by atoms with Crippen molar-refractivity contribution in [2.45, 2.75) is 12.5 Å². The predicted molar refractivity (Wildman–Crippen MR) is 76.5 cm³/mol. The highest BCUT2D eigenvalue weighted by molar-refractivity contribution is 6.36. The maximum atomic E-state index is 13.7. The first-order valence-corrected chi connectivity index (χ1v) is 6.69. The molecule has 0 aliphatic heterocycles. The van der Waals surface area contributed by atoms with E-state index < -0.39 is 11.9 Å². The summed E-state index contributed by atoms with van der Waals surface area (Å²) in [7, 11) is 0. The summed E-state index contributed by atoms with van der Waals surface area (Å²) in [6.07, 6.45) is -1.01. The van der Waals surface area contributed by atoms with E-state index in [9.17, 15) is 9.50 Å². The van der Waals surface area contributed by atoms with Crippen molar-refractivity contribution in [1.82, 2.24) is 0 Å². The van der Waals surface area contributed by atoms with Gasteiger partial charge in [-0.1, -0.05) is 46.9 Å². The molecule has 0 saturated carbocycles. The van der Waals surface area contributed by atoms with Gasteiger partial charge in [0.05, 0.1) is 6.10 Å². The third kappa shape index (κ3) is 3.21. The van der Waals surface area contributed by atoms with Crippen molar-refractivity contribution in [3.05, 3.63) is 68.4 Å². The molecule has 0 spiro atoms. The van der Waals surface area contributed by atoms with Crippen molar-refractivity contribution in [3.63, 3.8) is 0 Å². The van der Waals surface area contributed by atoms with Crippen molar-refractivity contribution in [3.8, 4) is 0 Å². The van der Waals surface area contributed by atoms with E-state index >= 15 is 0 Å². The molecule has 0 aliphatic rings. The SMILES string of the molecule is OC(Cc1c(Cl)cccc1Cl)c1c(F)cccc1Cl. The normalized spacial score (nSPS) is 12.5. The van der Waals surface area contributed by atoms with Crippen molar-refractivity contribution >= 4 is 34.8 Å². The van der Waals surface area contributed by atoms with Gasteiger partial charge in [-0.15, -0.1) is 0 Å². The molecule has 2 rings (SSSR count). The molecule has 1 unspecified atom stereocenters. The monoisotopic (exact) mass is 318 g/mol. The number of halogens is 4. The lowest BCUT2D eigenvalue weighted by molar-refractivity contribution is 0.174. The summed E-state index contributed by atoms with van der Waals surface area (Å²) in [5, 5.41) is 11.2. The zero-order valence-corrected chi connectivity index (χ0v) is 12.0. The molecule has 0 fully saturated rings. The van der Waals surface area contributed by atoms with Crippen molar-refractivity contribution < 1.29 is 9.50 Å². The van der Waals surface area contributed by atoms with Crippen LogP contribution in [0.15, 0.2) is 36.4 Å². The third-order valence-electron chi connectivity index (χ3n) is 2.79. The molecule has 2 aromatic rings. The van der Waals surface area contributed by atoms with Gasteiger partial charge in [0.15, 0.2) is 0 Å². The molecule has 0 aromatic heterocycles. The maximum Gasteiger partial charge on any atom is 0.130 e. The number of hydrogen-bond donors (Lipinski definition) is 1. The number of aliphatic hydroxyl groups excluding tert-OH is 1. The molecule has 0 bridgehead atoms. The van der Waals surface area contributed by atoms with E-state index in [1.54, 1.807) is 18.2 Å². The van der Waals surface area contributed by atoms with Crippen LogP contribution in [0.25, 0.3) is 0 Å². The fourth-order valence-electron chi connectivity index (χ4n) is 1.85. The standard InChI is InChI=1S/C14H10Cl3FO/c15-9-3-1-4-10(16)8(9)7-13(19)14-11(17)5-2-6-12(14)18/h1-6,13,19H,7H2. The Kier molecular flexibility index (Phi) is 4.69. The van der Waals surface area contributed by atoms with Crippen LogP contribution in [0.5, 0.6) is 0 Å². The Labute approximate surface area is 125 Å². The third-order valence-corrected chi connectivity index (χ3v) is 3.83. The molecule has 2 aromatic carbocycles. The predicted octanol–water partition coefficient (Wildman–Crippen LogP) is 5.06. The van der Waals surface area contributed by atoms with Gasteiger partial charge in [0.1, 0.15) is 5.82 Å². The van der Waals surface area contributed by atoms with Crippen LogP contribution in [0.4, 0.5) is 4.39 Å². The largest absolute Gasteiger partial charge is 0.388 e. The van der Waals surface area contributed by atoms with Gasteiger partial charge in [0.2, 0.25) is 0 Å². The molecule has 0 amide bonds. The van der Waals surface area contributed by atoms with Crippen LogP contribution in [0.2, 0.25) is 15.1 Å². The van der Waals surface area contributed by atoms with E-state index in [2.05, 4.69) is 0 Å². The lowest BCUT2D eigenvalue weighted by atomic mass is 10.0. The summed E-state index contributed by atoms with van der Waals surface area (Å²) >= 11 is 17.9. The number of aliphatic hydroxyl groups is 1. The quantitative estimate of drug-likeness (QED) is 0.838. The Morgan fingerprint density at radius 1 is 0.947 bits per heavy atom. The molecule has 1 N–H and O–H groups in total. The molecule has 1 atom stereocenters. The highest BCUT2D eigenvalue weighted by Gasteiger charge is 2.19. The van der Waals surface area contributed by atoms with Gasteiger partial charge in [-0.2, -0.15) is 0 Å². The summed E-state index contributed by atoms with van der Waals surface area (Å²) < 4.78 is 13.7. The van der Waals surface area contributed by atoms with Gasteiger partial charge in [-0.3, -0.25) is 0 Å². The van der Waals surface area contributed by atoms with E-state index in [0.29, 0.717) is 15.6 Å². The molecule has 0 aliphatic carbocycles. The highest BCUT2D eigenvalue weighted by atomic mass is 35.5. The topological polar surface area (TPSA) is 20.2 Å². The second-order valence-corrected chi connectivity index (χ2v) is 5.28. The van der Waals surface area contributed by atoms with Gasteiger partial charge in [-0.05, 0) is 29.8 Å². The Hall–Kier alpha value is -0.800. The molecular formula is C14H10Cl3FO. The molecule has 0 heterocycles. The zero-order valence-electron chi connectivity index (χ0n) is 9.71. The highest BCUT2D eigenvalue weighted by Crippen LogP contribution is 2.32. The molecule has 5 heteroatoms. The van der Waals surface area contributed by atoms with E-state index in [1.165, 1.54) is 18.2 Å². The summed E-state index contributed by atoms with van der Waals surface area (Å²) in [5.41, 5.74) is 0.623. The Balaban J connectivity index is 2.34. The summed E-state index contributed by atoms with van der Waals surface area (Å²) in [6.45, 7) is 0. The fraction of sp³-hybridized carbons (Fsp3) is 0.143. The average Bonchev–Trinajstić information content (AvgIpc) is 2.34. The summed E-state index contributed by atoms with van der Waals surface area (Å²) in [6, 6.07) is 9.29. The van der Waals surface area contributed by atoms with Crippen LogP contribution < -0.4 is 0 Å². The van der Waals surface area contributed by atoms with Gasteiger partial charge in [0, 0.05) is 27.1 Å². The second-order valence-electron chi connectivity index (χ2n) is 4.06. The van der Waals surface area contributed by atoms with Gasteiger partial charge < -0.3 is 5.11 Å². The van der Waals surface area contributed by atoms with E-state index in [-0.39, 0.29) is 17.0 Å². The molecular weight excluding hydrogens is 310 g/mol. The minimum absolute atomic E-state index is 0.0557. The number of rotatable bonds is 3. The molecule has 1 nitrogen and oxygen atoms in total. The van der Waals surface area contributed by atoms with E-state index in [4.69, 9.17) is 34.8 Å². The first kappa shape index (κ1) is 14.6. The van der Waals surface area contributed by atoms with E-state index in [0.717, 1.165) is 0 Å². The summed E-state index contributed by atoms with van der Waals surface area (Å²) in [5.74, 6) is -0.553. The van der Waals surface area contributed by atoms with Crippen molar-refractivity contribution in [1.29, 1.82) is 0 Å². The molecule has 100 valence electrons. The van der Waals surface area contributed by atoms with Crippen LogP contribution >= 0.6 is 34.8 Å². The lowest BCUT2D eigenvalue weighted by Crippen LogP contribution is -2.06. The fourth-order valence-corrected chi connectivity index (χ4v) is 2.69. The number of hydrogen-bond acceptors (Lipinski definition) is 1. The van der Waals surface area contributed by atoms with Gasteiger partial charge in [-0.25, -0.2) is 4.39 Å². The molecule has 19 heavy (non-hydrogen) atoms. The van der Waals surface area contributed by atoms with Crippen LogP contribution in [0.3, 0.4) is 0 Å². The zero-order chi connectivity index (χ0) is 14.0. The number of benzene rings is 2.